The van der Waals surface area contributed by atoms with E-state index < -0.39 is 0 Å². The highest BCUT2D eigenvalue weighted by atomic mass is 16.5. The van der Waals surface area contributed by atoms with Crippen molar-refractivity contribution in [1.29, 1.82) is 5.26 Å². The standard InChI is InChI=1S/C16H20N2O3/c1-10-11(2)21-12(3)15(10)16(19)18-13-5-4-6-14(9-13)20-8-7-17/h4-6,9-12,15H,8H2,1-3H3,(H,18,19). The number of benzene rings is 1. The van der Waals surface area contributed by atoms with Crippen LogP contribution in [0.15, 0.2) is 24.3 Å². The summed E-state index contributed by atoms with van der Waals surface area (Å²) in [7, 11) is 0. The van der Waals surface area contributed by atoms with Crippen molar-refractivity contribution >= 4 is 11.6 Å². The summed E-state index contributed by atoms with van der Waals surface area (Å²) in [4.78, 5) is 12.4. The fourth-order valence-electron chi connectivity index (χ4n) is 2.72. The van der Waals surface area contributed by atoms with E-state index in [4.69, 9.17) is 14.7 Å². The lowest BCUT2D eigenvalue weighted by Crippen LogP contribution is -2.31. The Hall–Kier alpha value is -2.06. The van der Waals surface area contributed by atoms with Gasteiger partial charge < -0.3 is 14.8 Å². The van der Waals surface area contributed by atoms with Gasteiger partial charge >= 0.3 is 0 Å². The van der Waals surface area contributed by atoms with Gasteiger partial charge in [0.1, 0.15) is 11.8 Å². The Morgan fingerprint density at radius 1 is 1.38 bits per heavy atom. The maximum absolute atomic E-state index is 12.4. The average molecular weight is 288 g/mol. The second-order valence-electron chi connectivity index (χ2n) is 5.40. The molecule has 0 spiro atoms. The normalized spacial score (nSPS) is 27.9. The maximum atomic E-state index is 12.4. The topological polar surface area (TPSA) is 71.3 Å². The Kier molecular flexibility index (Phi) is 4.81. The molecule has 1 aliphatic heterocycles. The zero-order chi connectivity index (χ0) is 15.4. The number of carbonyl (C=O) groups excluding carboxylic acids is 1. The second-order valence-corrected chi connectivity index (χ2v) is 5.40. The monoisotopic (exact) mass is 288 g/mol. The lowest BCUT2D eigenvalue weighted by Gasteiger charge is -2.18. The molecule has 0 aliphatic carbocycles. The van der Waals surface area contributed by atoms with E-state index in [-0.39, 0.29) is 36.6 Å². The molecule has 1 aromatic rings. The van der Waals surface area contributed by atoms with Gasteiger partial charge in [-0.25, -0.2) is 0 Å². The molecule has 5 heteroatoms. The Morgan fingerprint density at radius 2 is 2.14 bits per heavy atom. The summed E-state index contributed by atoms with van der Waals surface area (Å²) >= 11 is 0. The molecule has 4 atom stereocenters. The van der Waals surface area contributed by atoms with E-state index in [1.807, 2.05) is 26.8 Å². The molecule has 1 fully saturated rings. The minimum atomic E-state index is -0.163. The summed E-state index contributed by atoms with van der Waals surface area (Å²) in [6.07, 6.45) is -0.00549. The number of carbonyl (C=O) groups is 1. The second kappa shape index (κ2) is 6.59. The van der Waals surface area contributed by atoms with Crippen molar-refractivity contribution in [3.05, 3.63) is 24.3 Å². The summed E-state index contributed by atoms with van der Waals surface area (Å²) in [5, 5.41) is 11.4. The molecule has 5 nitrogen and oxygen atoms in total. The highest BCUT2D eigenvalue weighted by molar-refractivity contribution is 5.93. The van der Waals surface area contributed by atoms with Crippen LogP contribution in [-0.2, 0) is 9.53 Å². The van der Waals surface area contributed by atoms with Crippen LogP contribution in [0.1, 0.15) is 20.8 Å². The van der Waals surface area contributed by atoms with E-state index in [9.17, 15) is 4.79 Å². The first-order valence-electron chi connectivity index (χ1n) is 7.09. The largest absolute Gasteiger partial charge is 0.479 e. The quantitative estimate of drug-likeness (QED) is 0.924. The number of ether oxygens (including phenoxy) is 2. The third kappa shape index (κ3) is 3.53. The van der Waals surface area contributed by atoms with E-state index in [2.05, 4.69) is 5.32 Å². The Bertz CT molecular complexity index is 553. The molecule has 1 aromatic carbocycles. The Labute approximate surface area is 124 Å². The number of anilines is 1. The third-order valence-electron chi connectivity index (χ3n) is 3.95. The molecule has 0 radical (unpaired) electrons. The van der Waals surface area contributed by atoms with Crippen molar-refractivity contribution in [1.82, 2.24) is 0 Å². The van der Waals surface area contributed by atoms with E-state index in [1.54, 1.807) is 24.3 Å². The summed E-state index contributed by atoms with van der Waals surface area (Å²) < 4.78 is 10.9. The Balaban J connectivity index is 2.04. The molecule has 1 heterocycles. The predicted molar refractivity (Wildman–Crippen MR) is 78.8 cm³/mol. The first-order valence-corrected chi connectivity index (χ1v) is 7.09. The smallest absolute Gasteiger partial charge is 0.230 e. The molecule has 1 N–H and O–H groups in total. The van der Waals surface area contributed by atoms with Crippen molar-refractivity contribution in [2.24, 2.45) is 11.8 Å². The van der Waals surface area contributed by atoms with Crippen LogP contribution in [-0.4, -0.2) is 24.7 Å². The SMILES string of the molecule is CC1OC(C)C(C(=O)Nc2cccc(OCC#N)c2)C1C. The van der Waals surface area contributed by atoms with Crippen molar-refractivity contribution in [2.45, 2.75) is 33.0 Å². The number of amides is 1. The number of hydrogen-bond donors (Lipinski definition) is 1. The highest BCUT2D eigenvalue weighted by Gasteiger charge is 2.41. The maximum Gasteiger partial charge on any atom is 0.230 e. The zero-order valence-electron chi connectivity index (χ0n) is 12.5. The van der Waals surface area contributed by atoms with E-state index in [1.165, 1.54) is 0 Å². The molecule has 112 valence electrons. The van der Waals surface area contributed by atoms with Gasteiger partial charge in [0.25, 0.3) is 0 Å². The molecule has 1 amide bonds. The lowest BCUT2D eigenvalue weighted by atomic mass is 9.89. The molecular weight excluding hydrogens is 268 g/mol. The predicted octanol–water partition coefficient (Wildman–Crippen LogP) is 2.59. The molecular formula is C16H20N2O3. The Morgan fingerprint density at radius 3 is 2.76 bits per heavy atom. The average Bonchev–Trinajstić information content (AvgIpc) is 2.70. The number of nitrogens with one attached hydrogen (secondary N) is 1. The first-order chi connectivity index (χ1) is 10.0. The van der Waals surface area contributed by atoms with Crippen molar-refractivity contribution in [2.75, 3.05) is 11.9 Å². The minimum absolute atomic E-state index is 0.0144. The van der Waals surface area contributed by atoms with Crippen LogP contribution in [0.2, 0.25) is 0 Å². The molecule has 1 saturated heterocycles. The van der Waals surface area contributed by atoms with Crippen molar-refractivity contribution in [3.63, 3.8) is 0 Å². The summed E-state index contributed by atoms with van der Waals surface area (Å²) in [5.74, 6) is 0.532. The number of nitriles is 1. The highest BCUT2D eigenvalue weighted by Crippen LogP contribution is 2.33. The van der Waals surface area contributed by atoms with Crippen molar-refractivity contribution < 1.29 is 14.3 Å². The van der Waals surface area contributed by atoms with Gasteiger partial charge in [-0.05, 0) is 31.9 Å². The van der Waals surface area contributed by atoms with Gasteiger partial charge in [-0.1, -0.05) is 13.0 Å². The van der Waals surface area contributed by atoms with Gasteiger partial charge in [-0.2, -0.15) is 5.26 Å². The molecule has 4 unspecified atom stereocenters. The van der Waals surface area contributed by atoms with Gasteiger partial charge in [0.2, 0.25) is 5.91 Å². The van der Waals surface area contributed by atoms with Crippen LogP contribution >= 0.6 is 0 Å². The number of rotatable bonds is 4. The zero-order valence-corrected chi connectivity index (χ0v) is 12.5. The van der Waals surface area contributed by atoms with Crippen LogP contribution in [0.4, 0.5) is 5.69 Å². The van der Waals surface area contributed by atoms with Gasteiger partial charge in [0.15, 0.2) is 6.61 Å². The fraction of sp³-hybridized carbons (Fsp3) is 0.500. The van der Waals surface area contributed by atoms with E-state index >= 15 is 0 Å². The first kappa shape index (κ1) is 15.3. The van der Waals surface area contributed by atoms with Crippen LogP contribution in [0.3, 0.4) is 0 Å². The van der Waals surface area contributed by atoms with Crippen LogP contribution in [0.25, 0.3) is 0 Å². The van der Waals surface area contributed by atoms with Gasteiger partial charge in [-0.3, -0.25) is 4.79 Å². The van der Waals surface area contributed by atoms with Crippen LogP contribution in [0, 0.1) is 23.2 Å². The van der Waals surface area contributed by atoms with Crippen LogP contribution < -0.4 is 10.1 Å². The van der Waals surface area contributed by atoms with Gasteiger partial charge in [0.05, 0.1) is 18.1 Å². The summed E-state index contributed by atoms with van der Waals surface area (Å²) in [5.41, 5.74) is 0.661. The third-order valence-corrected chi connectivity index (χ3v) is 3.95. The van der Waals surface area contributed by atoms with E-state index in [0.29, 0.717) is 11.4 Å². The fourth-order valence-corrected chi connectivity index (χ4v) is 2.72. The van der Waals surface area contributed by atoms with Crippen LogP contribution in [0.5, 0.6) is 5.75 Å². The molecule has 2 rings (SSSR count). The van der Waals surface area contributed by atoms with Crippen molar-refractivity contribution in [3.8, 4) is 11.8 Å². The molecule has 21 heavy (non-hydrogen) atoms. The number of nitrogens with zero attached hydrogens (tertiary/aromatic N) is 1. The number of hydrogen-bond acceptors (Lipinski definition) is 4. The minimum Gasteiger partial charge on any atom is -0.479 e. The summed E-state index contributed by atoms with van der Waals surface area (Å²) in [6.45, 7) is 5.94. The van der Waals surface area contributed by atoms with Gasteiger partial charge in [-0.15, -0.1) is 0 Å². The lowest BCUT2D eigenvalue weighted by molar-refractivity contribution is -0.121. The molecule has 0 bridgehead atoms. The van der Waals surface area contributed by atoms with E-state index in [0.717, 1.165) is 0 Å². The summed E-state index contributed by atoms with van der Waals surface area (Å²) in [6, 6.07) is 8.95. The molecule has 1 aliphatic rings. The molecule has 0 saturated carbocycles. The van der Waals surface area contributed by atoms with Gasteiger partial charge in [0, 0.05) is 11.8 Å². The molecule has 0 aromatic heterocycles.